The van der Waals surface area contributed by atoms with Crippen LogP contribution in [0.4, 0.5) is 8.78 Å². The summed E-state index contributed by atoms with van der Waals surface area (Å²) < 4.78 is 24.9. The summed E-state index contributed by atoms with van der Waals surface area (Å²) in [5, 5.41) is 12.6. The van der Waals surface area contributed by atoms with Crippen molar-refractivity contribution in [2.45, 2.75) is 32.9 Å². The van der Waals surface area contributed by atoms with Crippen molar-refractivity contribution in [3.8, 4) is 0 Å². The Morgan fingerprint density at radius 3 is 2.59 bits per heavy atom. The number of nitrogens with one attached hydrogen (secondary N) is 1. The van der Waals surface area contributed by atoms with Gasteiger partial charge in [0.25, 0.3) is 6.43 Å². The van der Waals surface area contributed by atoms with E-state index in [1.54, 1.807) is 12.1 Å². The summed E-state index contributed by atoms with van der Waals surface area (Å²) in [5.41, 5.74) is 0.840. The van der Waals surface area contributed by atoms with Crippen molar-refractivity contribution in [2.24, 2.45) is 5.92 Å². The predicted molar refractivity (Wildman–Crippen MR) is 64.0 cm³/mol. The summed E-state index contributed by atoms with van der Waals surface area (Å²) in [6.07, 6.45) is -2.84. The minimum Gasteiger partial charge on any atom is -0.392 e. The third kappa shape index (κ3) is 4.79. The highest BCUT2D eigenvalue weighted by molar-refractivity contribution is 5.24. The van der Waals surface area contributed by atoms with Crippen LogP contribution >= 0.6 is 0 Å². The molecule has 2 nitrogen and oxygen atoms in total. The smallest absolute Gasteiger partial charge is 0.263 e. The van der Waals surface area contributed by atoms with Gasteiger partial charge in [0.2, 0.25) is 0 Å². The SMILES string of the molecule is CC(C)C(O)CNCc1cccc(C(F)F)c1. The largest absolute Gasteiger partial charge is 0.392 e. The third-order valence-corrected chi connectivity index (χ3v) is 2.66. The van der Waals surface area contributed by atoms with Gasteiger partial charge in [-0.05, 0) is 17.5 Å². The second-order valence-corrected chi connectivity index (χ2v) is 4.49. The first-order valence-electron chi connectivity index (χ1n) is 5.76. The molecule has 1 unspecified atom stereocenters. The number of rotatable bonds is 6. The molecule has 1 aromatic rings. The summed E-state index contributed by atoms with van der Waals surface area (Å²) >= 11 is 0. The maximum Gasteiger partial charge on any atom is 0.263 e. The first kappa shape index (κ1) is 14.1. The van der Waals surface area contributed by atoms with E-state index in [-0.39, 0.29) is 11.5 Å². The van der Waals surface area contributed by atoms with E-state index in [1.165, 1.54) is 12.1 Å². The van der Waals surface area contributed by atoms with Crippen molar-refractivity contribution >= 4 is 0 Å². The fourth-order valence-electron chi connectivity index (χ4n) is 1.44. The van der Waals surface area contributed by atoms with E-state index >= 15 is 0 Å². The van der Waals surface area contributed by atoms with Crippen LogP contribution in [-0.2, 0) is 6.54 Å². The number of aliphatic hydroxyl groups excluding tert-OH is 1. The molecule has 0 spiro atoms. The molecule has 0 aliphatic heterocycles. The Hall–Kier alpha value is -1.00. The highest BCUT2D eigenvalue weighted by Gasteiger charge is 2.09. The maximum absolute atomic E-state index is 12.4. The average molecular weight is 243 g/mol. The van der Waals surface area contributed by atoms with E-state index in [1.807, 2.05) is 13.8 Å². The molecule has 0 amide bonds. The first-order valence-corrected chi connectivity index (χ1v) is 5.76. The molecule has 0 radical (unpaired) electrons. The molecule has 96 valence electrons. The minimum absolute atomic E-state index is 0.0358. The van der Waals surface area contributed by atoms with Gasteiger partial charge >= 0.3 is 0 Å². The molecule has 0 aliphatic rings. The summed E-state index contributed by atoms with van der Waals surface area (Å²) in [5.74, 6) is 0.190. The van der Waals surface area contributed by atoms with Crippen molar-refractivity contribution < 1.29 is 13.9 Å². The molecule has 1 atom stereocenters. The Balaban J connectivity index is 2.44. The molecule has 0 bridgehead atoms. The van der Waals surface area contributed by atoms with Crippen molar-refractivity contribution in [1.29, 1.82) is 0 Å². The molecule has 1 rings (SSSR count). The van der Waals surface area contributed by atoms with Crippen LogP contribution in [0.2, 0.25) is 0 Å². The van der Waals surface area contributed by atoms with Gasteiger partial charge in [0, 0.05) is 18.7 Å². The Bertz CT molecular complexity index is 342. The van der Waals surface area contributed by atoms with Crippen LogP contribution < -0.4 is 5.32 Å². The van der Waals surface area contributed by atoms with Crippen molar-refractivity contribution in [3.63, 3.8) is 0 Å². The lowest BCUT2D eigenvalue weighted by atomic mass is 10.1. The molecule has 0 saturated carbocycles. The van der Waals surface area contributed by atoms with Crippen LogP contribution in [0.15, 0.2) is 24.3 Å². The molecule has 0 aromatic heterocycles. The van der Waals surface area contributed by atoms with E-state index in [2.05, 4.69) is 5.32 Å². The number of alkyl halides is 2. The van der Waals surface area contributed by atoms with Crippen LogP contribution in [0.5, 0.6) is 0 Å². The van der Waals surface area contributed by atoms with Crippen LogP contribution in [0.1, 0.15) is 31.4 Å². The van der Waals surface area contributed by atoms with Crippen LogP contribution in [0.3, 0.4) is 0 Å². The summed E-state index contributed by atoms with van der Waals surface area (Å²) in [4.78, 5) is 0. The Morgan fingerprint density at radius 2 is 2.00 bits per heavy atom. The van der Waals surface area contributed by atoms with E-state index in [0.717, 1.165) is 5.56 Å². The Morgan fingerprint density at radius 1 is 1.29 bits per heavy atom. The fourth-order valence-corrected chi connectivity index (χ4v) is 1.44. The molecule has 0 aliphatic carbocycles. The first-order chi connectivity index (χ1) is 8.00. The van der Waals surface area contributed by atoms with Crippen LogP contribution in [0.25, 0.3) is 0 Å². The normalized spacial score (nSPS) is 13.4. The quantitative estimate of drug-likeness (QED) is 0.805. The molecule has 17 heavy (non-hydrogen) atoms. The monoisotopic (exact) mass is 243 g/mol. The van der Waals surface area contributed by atoms with E-state index in [4.69, 9.17) is 0 Å². The zero-order valence-corrected chi connectivity index (χ0v) is 10.2. The lowest BCUT2D eigenvalue weighted by Gasteiger charge is -2.15. The molecule has 0 heterocycles. The highest BCUT2D eigenvalue weighted by Crippen LogP contribution is 2.19. The zero-order chi connectivity index (χ0) is 12.8. The molecule has 2 N–H and O–H groups in total. The zero-order valence-electron chi connectivity index (χ0n) is 10.2. The van der Waals surface area contributed by atoms with E-state index in [9.17, 15) is 13.9 Å². The lowest BCUT2D eigenvalue weighted by Crippen LogP contribution is -2.30. The van der Waals surface area contributed by atoms with Crippen molar-refractivity contribution in [1.82, 2.24) is 5.32 Å². The molecular formula is C13H19F2NO. The molecule has 4 heteroatoms. The molecule has 0 saturated heterocycles. The van der Waals surface area contributed by atoms with Crippen LogP contribution in [0, 0.1) is 5.92 Å². The van der Waals surface area contributed by atoms with Crippen LogP contribution in [-0.4, -0.2) is 17.8 Å². The van der Waals surface area contributed by atoms with Gasteiger partial charge in [-0.3, -0.25) is 0 Å². The van der Waals surface area contributed by atoms with E-state index in [0.29, 0.717) is 13.1 Å². The number of hydrogen-bond acceptors (Lipinski definition) is 2. The summed E-state index contributed by atoms with van der Waals surface area (Å²) in [6, 6.07) is 6.31. The van der Waals surface area contributed by atoms with Gasteiger partial charge in [-0.1, -0.05) is 32.0 Å². The Kier molecular flexibility index (Phi) is 5.51. The summed E-state index contributed by atoms with van der Waals surface area (Å²) in [6.45, 7) is 4.83. The second-order valence-electron chi connectivity index (χ2n) is 4.49. The minimum atomic E-state index is -2.43. The molecule has 1 aromatic carbocycles. The number of benzene rings is 1. The van der Waals surface area contributed by atoms with Crippen molar-refractivity contribution in [2.75, 3.05) is 6.54 Å². The number of halogens is 2. The lowest BCUT2D eigenvalue weighted by molar-refractivity contribution is 0.123. The highest BCUT2D eigenvalue weighted by atomic mass is 19.3. The predicted octanol–water partition coefficient (Wildman–Crippen LogP) is 2.73. The third-order valence-electron chi connectivity index (χ3n) is 2.66. The second kappa shape index (κ2) is 6.67. The van der Waals surface area contributed by atoms with Gasteiger partial charge in [0.1, 0.15) is 0 Å². The topological polar surface area (TPSA) is 32.3 Å². The number of aliphatic hydroxyl groups is 1. The van der Waals surface area contributed by atoms with Gasteiger partial charge in [0.05, 0.1) is 6.10 Å². The molecular weight excluding hydrogens is 224 g/mol. The van der Waals surface area contributed by atoms with E-state index < -0.39 is 12.5 Å². The summed E-state index contributed by atoms with van der Waals surface area (Å²) in [7, 11) is 0. The average Bonchev–Trinajstić information content (AvgIpc) is 2.29. The van der Waals surface area contributed by atoms with Gasteiger partial charge in [-0.15, -0.1) is 0 Å². The van der Waals surface area contributed by atoms with Gasteiger partial charge in [-0.25, -0.2) is 8.78 Å². The van der Waals surface area contributed by atoms with Gasteiger partial charge in [-0.2, -0.15) is 0 Å². The number of hydrogen-bond donors (Lipinski definition) is 2. The Labute approximate surface area is 101 Å². The standard InChI is InChI=1S/C13H19F2NO/c1-9(2)12(17)8-16-7-10-4-3-5-11(6-10)13(14)15/h3-6,9,12-13,16-17H,7-8H2,1-2H3. The van der Waals surface area contributed by atoms with Crippen molar-refractivity contribution in [3.05, 3.63) is 35.4 Å². The maximum atomic E-state index is 12.4. The van der Waals surface area contributed by atoms with Gasteiger partial charge < -0.3 is 10.4 Å². The fraction of sp³-hybridized carbons (Fsp3) is 0.538. The van der Waals surface area contributed by atoms with Gasteiger partial charge in [0.15, 0.2) is 0 Å². The molecule has 0 fully saturated rings.